The van der Waals surface area contributed by atoms with E-state index in [1.165, 1.54) is 43.5 Å². The van der Waals surface area contributed by atoms with Crippen LogP contribution in [-0.4, -0.2) is 38.4 Å². The molecule has 1 aliphatic rings. The molecule has 2 heterocycles. The molecule has 0 unspecified atom stereocenters. The maximum absolute atomic E-state index is 12.6. The Morgan fingerprint density at radius 2 is 1.84 bits per heavy atom. The van der Waals surface area contributed by atoms with Crippen molar-refractivity contribution in [3.8, 4) is 0 Å². The molecular weight excluding hydrogens is 394 g/mol. The van der Waals surface area contributed by atoms with Gasteiger partial charge in [-0.05, 0) is 70.1 Å². The second-order valence-electron chi connectivity index (χ2n) is 8.29. The van der Waals surface area contributed by atoms with Gasteiger partial charge in [0.25, 0.3) is 11.6 Å². The molecule has 1 aliphatic heterocycles. The van der Waals surface area contributed by atoms with Crippen LogP contribution in [0.3, 0.4) is 0 Å². The minimum Gasteiger partial charge on any atom is -0.324 e. The van der Waals surface area contributed by atoms with Crippen molar-refractivity contribution in [2.75, 3.05) is 18.4 Å². The van der Waals surface area contributed by atoms with Gasteiger partial charge in [-0.15, -0.1) is 0 Å². The number of nitro benzene ring substituents is 1. The summed E-state index contributed by atoms with van der Waals surface area (Å²) >= 11 is 0. The van der Waals surface area contributed by atoms with Crippen LogP contribution < -0.4 is 5.32 Å². The zero-order valence-electron chi connectivity index (χ0n) is 17.9. The molecule has 31 heavy (non-hydrogen) atoms. The van der Waals surface area contributed by atoms with Gasteiger partial charge in [-0.1, -0.05) is 6.42 Å². The summed E-state index contributed by atoms with van der Waals surface area (Å²) in [4.78, 5) is 30.2. The van der Waals surface area contributed by atoms with Crippen molar-refractivity contribution < 1.29 is 9.72 Å². The van der Waals surface area contributed by atoms with Gasteiger partial charge in [0.2, 0.25) is 0 Å². The number of hydrogen-bond acceptors (Lipinski definition) is 5. The van der Waals surface area contributed by atoms with E-state index in [0.29, 0.717) is 11.3 Å². The van der Waals surface area contributed by atoms with Gasteiger partial charge in [0.15, 0.2) is 0 Å². The number of piperidine rings is 1. The normalized spacial score (nSPS) is 14.8. The number of hydrogen-bond donors (Lipinski definition) is 1. The first-order valence-corrected chi connectivity index (χ1v) is 10.7. The minimum atomic E-state index is -0.484. The average molecular weight is 422 g/mol. The summed E-state index contributed by atoms with van der Waals surface area (Å²) in [6, 6.07) is 11.6. The van der Waals surface area contributed by atoms with Crippen LogP contribution in [0.2, 0.25) is 0 Å². The molecule has 1 saturated heterocycles. The Morgan fingerprint density at radius 3 is 2.48 bits per heavy atom. The average Bonchev–Trinajstić information content (AvgIpc) is 3.11. The second-order valence-corrected chi connectivity index (χ2v) is 8.29. The van der Waals surface area contributed by atoms with Crippen molar-refractivity contribution in [1.82, 2.24) is 14.5 Å². The Kier molecular flexibility index (Phi) is 5.99. The van der Waals surface area contributed by atoms with E-state index in [1.54, 1.807) is 0 Å². The van der Waals surface area contributed by atoms with Crippen molar-refractivity contribution >= 4 is 28.3 Å². The predicted molar refractivity (Wildman–Crippen MR) is 120 cm³/mol. The Morgan fingerprint density at radius 1 is 1.13 bits per heavy atom. The molecule has 3 aromatic rings. The maximum atomic E-state index is 12.6. The fourth-order valence-corrected chi connectivity index (χ4v) is 4.17. The van der Waals surface area contributed by atoms with Gasteiger partial charge in [-0.3, -0.25) is 19.8 Å². The summed E-state index contributed by atoms with van der Waals surface area (Å²) < 4.78 is 2.27. The van der Waals surface area contributed by atoms with E-state index < -0.39 is 4.92 Å². The summed E-state index contributed by atoms with van der Waals surface area (Å²) in [7, 11) is 0. The number of anilines is 1. The van der Waals surface area contributed by atoms with Crippen LogP contribution in [0.15, 0.2) is 42.5 Å². The minimum absolute atomic E-state index is 0.0431. The molecule has 1 fully saturated rings. The lowest BCUT2D eigenvalue weighted by atomic mass is 10.1. The standard InChI is InChI=1S/C23H27N5O3/c1-16(2)27-21-11-8-18(24-23(29)17-6-9-19(10-7-17)28(30)31)14-20(21)25-22(27)15-26-12-4-3-5-13-26/h6-11,14,16H,3-5,12-13,15H2,1-2H3,(H,24,29). The van der Waals surface area contributed by atoms with Crippen molar-refractivity contribution in [3.05, 3.63) is 64.0 Å². The summed E-state index contributed by atoms with van der Waals surface area (Å²) in [6.07, 6.45) is 3.77. The smallest absolute Gasteiger partial charge is 0.269 e. The lowest BCUT2D eigenvalue weighted by Gasteiger charge is -2.26. The van der Waals surface area contributed by atoms with Crippen LogP contribution in [0, 0.1) is 10.1 Å². The van der Waals surface area contributed by atoms with E-state index in [1.807, 2.05) is 18.2 Å². The highest BCUT2D eigenvalue weighted by Crippen LogP contribution is 2.26. The van der Waals surface area contributed by atoms with Crippen LogP contribution >= 0.6 is 0 Å². The Balaban J connectivity index is 1.56. The number of benzene rings is 2. The van der Waals surface area contributed by atoms with E-state index in [4.69, 9.17) is 4.98 Å². The van der Waals surface area contributed by atoms with Crippen LogP contribution in [0.25, 0.3) is 11.0 Å². The van der Waals surface area contributed by atoms with E-state index in [-0.39, 0.29) is 17.6 Å². The van der Waals surface area contributed by atoms with Gasteiger partial charge in [0, 0.05) is 29.4 Å². The number of nitrogens with one attached hydrogen (secondary N) is 1. The van der Waals surface area contributed by atoms with Gasteiger partial charge in [-0.2, -0.15) is 0 Å². The first kappa shape index (κ1) is 21.0. The first-order valence-electron chi connectivity index (χ1n) is 10.7. The van der Waals surface area contributed by atoms with E-state index in [0.717, 1.165) is 36.5 Å². The Hall–Kier alpha value is -3.26. The SMILES string of the molecule is CC(C)n1c(CN2CCCCC2)nc2cc(NC(=O)c3ccc([N+](=O)[O-])cc3)ccc21. The topological polar surface area (TPSA) is 93.3 Å². The largest absolute Gasteiger partial charge is 0.324 e. The third kappa shape index (κ3) is 4.59. The lowest BCUT2D eigenvalue weighted by molar-refractivity contribution is -0.384. The van der Waals surface area contributed by atoms with Gasteiger partial charge >= 0.3 is 0 Å². The van der Waals surface area contributed by atoms with Gasteiger partial charge in [-0.25, -0.2) is 4.98 Å². The van der Waals surface area contributed by atoms with Crippen LogP contribution in [-0.2, 0) is 6.54 Å². The van der Waals surface area contributed by atoms with Crippen molar-refractivity contribution in [3.63, 3.8) is 0 Å². The summed E-state index contributed by atoms with van der Waals surface area (Å²) in [5.41, 5.74) is 2.87. The number of imidazole rings is 1. The molecule has 2 aromatic carbocycles. The third-order valence-corrected chi connectivity index (χ3v) is 5.69. The number of likely N-dealkylation sites (tertiary alicyclic amines) is 1. The van der Waals surface area contributed by atoms with Gasteiger partial charge in [0.1, 0.15) is 5.82 Å². The summed E-state index contributed by atoms with van der Waals surface area (Å²) in [5, 5.41) is 13.7. The molecule has 8 nitrogen and oxygen atoms in total. The molecule has 0 saturated carbocycles. The number of fused-ring (bicyclic) bond motifs is 1. The third-order valence-electron chi connectivity index (χ3n) is 5.69. The number of non-ortho nitro benzene ring substituents is 1. The molecule has 1 aromatic heterocycles. The highest BCUT2D eigenvalue weighted by molar-refractivity contribution is 6.05. The number of rotatable bonds is 6. The lowest BCUT2D eigenvalue weighted by Crippen LogP contribution is -2.30. The molecule has 162 valence electrons. The molecule has 8 heteroatoms. The number of aromatic nitrogens is 2. The molecule has 1 N–H and O–H groups in total. The molecule has 1 amide bonds. The molecule has 4 rings (SSSR count). The predicted octanol–water partition coefficient (Wildman–Crippen LogP) is 4.76. The first-order chi connectivity index (χ1) is 14.9. The second kappa shape index (κ2) is 8.85. The molecule has 0 aliphatic carbocycles. The highest BCUT2D eigenvalue weighted by Gasteiger charge is 2.18. The quantitative estimate of drug-likeness (QED) is 0.457. The molecule has 0 radical (unpaired) electrons. The van der Waals surface area contributed by atoms with Crippen molar-refractivity contribution in [2.45, 2.75) is 45.7 Å². The van der Waals surface area contributed by atoms with Gasteiger partial charge < -0.3 is 9.88 Å². The number of amides is 1. The van der Waals surface area contributed by atoms with E-state index in [9.17, 15) is 14.9 Å². The number of nitro groups is 1. The molecular formula is C23H27N5O3. The van der Waals surface area contributed by atoms with Crippen LogP contribution in [0.5, 0.6) is 0 Å². The Bertz CT molecular complexity index is 1100. The van der Waals surface area contributed by atoms with E-state index in [2.05, 4.69) is 28.6 Å². The van der Waals surface area contributed by atoms with Gasteiger partial charge in [0.05, 0.1) is 22.5 Å². The van der Waals surface area contributed by atoms with Crippen LogP contribution in [0.4, 0.5) is 11.4 Å². The van der Waals surface area contributed by atoms with Crippen molar-refractivity contribution in [1.29, 1.82) is 0 Å². The highest BCUT2D eigenvalue weighted by atomic mass is 16.6. The van der Waals surface area contributed by atoms with Crippen LogP contribution in [0.1, 0.15) is 55.3 Å². The fourth-order valence-electron chi connectivity index (χ4n) is 4.17. The maximum Gasteiger partial charge on any atom is 0.269 e. The monoisotopic (exact) mass is 421 g/mol. The van der Waals surface area contributed by atoms with Crippen molar-refractivity contribution in [2.24, 2.45) is 0 Å². The molecule has 0 spiro atoms. The zero-order chi connectivity index (χ0) is 22.0. The van der Waals surface area contributed by atoms with E-state index >= 15 is 0 Å². The zero-order valence-corrected chi connectivity index (χ0v) is 17.9. The number of nitrogens with zero attached hydrogens (tertiary/aromatic N) is 4. The summed E-state index contributed by atoms with van der Waals surface area (Å²) in [5.74, 6) is 0.733. The fraction of sp³-hybridized carbons (Fsp3) is 0.391. The Labute approximate surface area is 181 Å². The molecule has 0 bridgehead atoms. The number of carbonyl (C=O) groups is 1. The summed E-state index contributed by atoms with van der Waals surface area (Å²) in [6.45, 7) is 7.36. The number of carbonyl (C=O) groups excluding carboxylic acids is 1. The molecule has 0 atom stereocenters.